The number of aromatic hydroxyl groups is 2. The lowest BCUT2D eigenvalue weighted by Crippen LogP contribution is -2.35. The van der Waals surface area contributed by atoms with E-state index in [1.54, 1.807) is 53.8 Å². The van der Waals surface area contributed by atoms with E-state index in [2.05, 4.69) is 16.7 Å². The van der Waals surface area contributed by atoms with Gasteiger partial charge in [-0.1, -0.05) is 51.9 Å². The topological polar surface area (TPSA) is 161 Å². The number of Topliss-reactive ketones (excluding diaryl/α,β-unsaturated/α-hetero) is 1. The van der Waals surface area contributed by atoms with E-state index < -0.39 is 24.5 Å². The first-order valence-electron chi connectivity index (χ1n) is 18.2. The van der Waals surface area contributed by atoms with E-state index in [4.69, 9.17) is 9.47 Å². The molecular formula is C41H50N2O8S2. The Morgan fingerprint density at radius 1 is 1.02 bits per heavy atom. The van der Waals surface area contributed by atoms with Crippen LogP contribution in [0.3, 0.4) is 0 Å². The molecule has 1 aliphatic carbocycles. The number of nitrogens with one attached hydrogen (secondary N) is 2. The van der Waals surface area contributed by atoms with E-state index in [1.165, 1.54) is 7.11 Å². The molecule has 53 heavy (non-hydrogen) atoms. The van der Waals surface area contributed by atoms with Crippen molar-refractivity contribution in [1.29, 1.82) is 0 Å². The van der Waals surface area contributed by atoms with Crippen LogP contribution in [0, 0.1) is 5.92 Å². The zero-order valence-electron chi connectivity index (χ0n) is 30.4. The number of phenolic OH excluding ortho intramolecular Hbond substituents is 2. The number of carbonyl (C=O) groups excluding carboxylic acids is 1. The number of benzene rings is 4. The molecule has 1 fully saturated rings. The fourth-order valence-electron chi connectivity index (χ4n) is 7.65. The highest BCUT2D eigenvalue weighted by Gasteiger charge is 2.34. The Labute approximate surface area is 318 Å². The Morgan fingerprint density at radius 3 is 2.58 bits per heavy atom. The number of ether oxygens (including phenoxy) is 2. The monoisotopic (exact) mass is 762 g/mol. The van der Waals surface area contributed by atoms with Crippen molar-refractivity contribution in [3.05, 3.63) is 82.9 Å². The SMILES string of the molecule is CN[C@H](O[C@@H]1CC(=O)CCc2ccc(O)c(OC)c2-c2ccc3ccc(O)cc3c2[C@H]2CC[C@H]1C[C@@H](O)CSS2)c1ccc(NC[C@H](C)O)c(CO)c1. The van der Waals surface area contributed by atoms with E-state index in [1.807, 2.05) is 36.4 Å². The molecule has 10 nitrogen and oxygen atoms in total. The van der Waals surface area contributed by atoms with E-state index in [-0.39, 0.29) is 47.9 Å². The molecule has 0 aromatic heterocycles. The molecule has 1 heterocycles. The van der Waals surface area contributed by atoms with Gasteiger partial charge in [0.15, 0.2) is 11.5 Å². The number of carbonyl (C=O) groups is 1. The zero-order valence-corrected chi connectivity index (χ0v) is 32.0. The number of rotatable bonds is 9. The predicted octanol–water partition coefficient (Wildman–Crippen LogP) is 7.00. The Kier molecular flexibility index (Phi) is 13.1. The molecule has 284 valence electrons. The minimum atomic E-state index is -0.618. The summed E-state index contributed by atoms with van der Waals surface area (Å²) in [6.45, 7) is 1.82. The van der Waals surface area contributed by atoms with E-state index >= 15 is 0 Å². The number of anilines is 1. The first kappa shape index (κ1) is 39.2. The second-order valence-electron chi connectivity index (χ2n) is 14.1. The number of ketones is 1. The third-order valence-electron chi connectivity index (χ3n) is 10.3. The number of aliphatic hydroxyl groups excluding tert-OH is 3. The molecule has 2 bridgehead atoms. The number of methoxy groups -OCH3 is 1. The maximum absolute atomic E-state index is 14.0. The van der Waals surface area contributed by atoms with Gasteiger partial charge in [0.2, 0.25) is 0 Å². The molecule has 4 aromatic rings. The summed E-state index contributed by atoms with van der Waals surface area (Å²) in [7, 11) is 6.64. The van der Waals surface area contributed by atoms with Gasteiger partial charge in [-0.2, -0.15) is 0 Å². The summed E-state index contributed by atoms with van der Waals surface area (Å²) in [5.41, 5.74) is 5.64. The highest BCUT2D eigenvalue weighted by atomic mass is 33.1. The second kappa shape index (κ2) is 17.8. The van der Waals surface area contributed by atoms with Crippen molar-refractivity contribution in [3.63, 3.8) is 0 Å². The largest absolute Gasteiger partial charge is 0.508 e. The number of fused-ring (bicyclic) bond motifs is 9. The first-order chi connectivity index (χ1) is 25.6. The van der Waals surface area contributed by atoms with Gasteiger partial charge in [-0.05, 0) is 109 Å². The molecule has 12 heteroatoms. The number of phenols is 2. The second-order valence-corrected chi connectivity index (χ2v) is 16.7. The molecular weight excluding hydrogens is 713 g/mol. The van der Waals surface area contributed by atoms with Crippen molar-refractivity contribution in [2.75, 3.05) is 31.8 Å². The molecule has 0 amide bonds. The van der Waals surface area contributed by atoms with Crippen LogP contribution in [-0.2, 0) is 22.6 Å². The molecule has 6 rings (SSSR count). The van der Waals surface area contributed by atoms with E-state index in [0.717, 1.165) is 44.3 Å². The van der Waals surface area contributed by atoms with Crippen LogP contribution in [0.15, 0.2) is 60.7 Å². The summed E-state index contributed by atoms with van der Waals surface area (Å²) in [6, 6.07) is 18.6. The summed E-state index contributed by atoms with van der Waals surface area (Å²) in [6.07, 6.45) is 0.299. The highest BCUT2D eigenvalue weighted by Crippen LogP contribution is 2.53. The van der Waals surface area contributed by atoms with Crippen LogP contribution in [0.4, 0.5) is 5.69 Å². The Hall–Kier alpha value is -3.49. The normalized spacial score (nSPS) is 22.2. The Bertz CT molecular complexity index is 1910. The van der Waals surface area contributed by atoms with Gasteiger partial charge in [0.05, 0.1) is 32.0 Å². The van der Waals surface area contributed by atoms with Gasteiger partial charge in [0.1, 0.15) is 17.8 Å². The minimum Gasteiger partial charge on any atom is -0.508 e. The molecule has 0 radical (unpaired) electrons. The average Bonchev–Trinajstić information content (AvgIpc) is 3.24. The standard InChI is InChI=1S/C41H50N2O8S2/c1-23(45)20-43-34-13-7-27(16-28(34)21-44)41(42-2)51-36-19-30(47)11-5-25-8-14-35(49)40(50-3)38(25)32-12-6-24-4-10-29(46)18-33(24)39(32)37-15-9-26(36)17-31(48)22-52-53-37/h4,6-8,10,12-14,16,18,23,26,31,36-37,41-46,48-49H,5,9,11,15,17,19-22H2,1-3H3/t23-,26-,31+,36+,37+,41+/m0/s1. The highest BCUT2D eigenvalue weighted by molar-refractivity contribution is 8.76. The van der Waals surface area contributed by atoms with Crippen LogP contribution < -0.4 is 15.4 Å². The van der Waals surface area contributed by atoms with Gasteiger partial charge in [0, 0.05) is 47.2 Å². The van der Waals surface area contributed by atoms with Crippen LogP contribution in [0.25, 0.3) is 21.9 Å². The smallest absolute Gasteiger partial charge is 0.168 e. The number of hydrogen-bond donors (Lipinski definition) is 7. The number of aryl methyl sites for hydroxylation is 1. The van der Waals surface area contributed by atoms with Crippen LogP contribution in [0.1, 0.15) is 72.8 Å². The summed E-state index contributed by atoms with van der Waals surface area (Å²) >= 11 is 0. The van der Waals surface area contributed by atoms with Gasteiger partial charge in [0.25, 0.3) is 0 Å². The summed E-state index contributed by atoms with van der Waals surface area (Å²) in [4.78, 5) is 14.0. The van der Waals surface area contributed by atoms with Gasteiger partial charge in [-0.25, -0.2) is 0 Å². The summed E-state index contributed by atoms with van der Waals surface area (Å²) < 4.78 is 12.7. The van der Waals surface area contributed by atoms with Gasteiger partial charge in [-0.3, -0.25) is 10.1 Å². The predicted molar refractivity (Wildman–Crippen MR) is 213 cm³/mol. The average molecular weight is 763 g/mol. The minimum absolute atomic E-state index is 0.00576. The summed E-state index contributed by atoms with van der Waals surface area (Å²) in [5.74, 6) is 0.844. The zero-order chi connectivity index (χ0) is 37.6. The first-order valence-corrected chi connectivity index (χ1v) is 20.6. The van der Waals surface area contributed by atoms with Crippen molar-refractivity contribution in [3.8, 4) is 28.4 Å². The summed E-state index contributed by atoms with van der Waals surface area (Å²) in [5, 5.41) is 61.3. The van der Waals surface area contributed by atoms with Crippen molar-refractivity contribution in [2.45, 2.75) is 81.8 Å². The Balaban J connectivity index is 1.44. The molecule has 1 aliphatic heterocycles. The van der Waals surface area contributed by atoms with Crippen molar-refractivity contribution < 1.29 is 39.8 Å². The molecule has 1 saturated heterocycles. The van der Waals surface area contributed by atoms with E-state index in [0.29, 0.717) is 49.3 Å². The fourth-order valence-corrected chi connectivity index (χ4v) is 10.5. The molecule has 4 aromatic carbocycles. The number of aliphatic hydroxyl groups is 3. The van der Waals surface area contributed by atoms with Gasteiger partial charge >= 0.3 is 0 Å². The maximum atomic E-state index is 14.0. The fraction of sp³-hybridized carbons (Fsp3) is 0.439. The molecule has 0 saturated carbocycles. The Morgan fingerprint density at radius 2 is 1.83 bits per heavy atom. The van der Waals surface area contributed by atoms with Crippen molar-refractivity contribution in [1.82, 2.24) is 5.32 Å². The lowest BCUT2D eigenvalue weighted by molar-refractivity contribution is -0.127. The molecule has 0 unspecified atom stereocenters. The van der Waals surface area contributed by atoms with Crippen molar-refractivity contribution in [2.24, 2.45) is 5.92 Å². The van der Waals surface area contributed by atoms with Gasteiger partial charge in [-0.15, -0.1) is 0 Å². The van der Waals surface area contributed by atoms with Gasteiger partial charge < -0.3 is 40.3 Å². The lowest BCUT2D eigenvalue weighted by atomic mass is 9.85. The molecule has 6 atom stereocenters. The number of hydrogen-bond acceptors (Lipinski definition) is 12. The molecule has 0 spiro atoms. The van der Waals surface area contributed by atoms with E-state index in [9.17, 15) is 30.3 Å². The van der Waals surface area contributed by atoms with Crippen LogP contribution in [-0.4, -0.2) is 76.1 Å². The third kappa shape index (κ3) is 9.08. The van der Waals surface area contributed by atoms with Crippen molar-refractivity contribution >= 4 is 43.8 Å². The third-order valence-corrected chi connectivity index (χ3v) is 13.1. The van der Waals surface area contributed by atoms with Crippen LogP contribution >= 0.6 is 21.6 Å². The lowest BCUT2D eigenvalue weighted by Gasteiger charge is -2.32. The quantitative estimate of drug-likeness (QED) is 0.0692. The molecule has 7 N–H and O–H groups in total. The maximum Gasteiger partial charge on any atom is 0.168 e. The molecule has 2 aliphatic rings. The van der Waals surface area contributed by atoms with Crippen LogP contribution in [0.2, 0.25) is 0 Å². The van der Waals surface area contributed by atoms with Crippen LogP contribution in [0.5, 0.6) is 17.2 Å².